The van der Waals surface area contributed by atoms with Crippen molar-refractivity contribution in [1.82, 2.24) is 14.5 Å². The number of phenolic OH excluding ortho intramolecular Hbond substituents is 1. The van der Waals surface area contributed by atoms with Crippen LogP contribution in [0.25, 0.3) is 83.9 Å². The molecule has 0 spiro atoms. The first kappa shape index (κ1) is 37.7. The maximum Gasteiger partial charge on any atom is 0.149 e. The highest BCUT2D eigenvalue weighted by atomic mass is 16.3. The first-order chi connectivity index (χ1) is 37.5. The Balaban J connectivity index is 1.30. The summed E-state index contributed by atoms with van der Waals surface area (Å²) < 4.78 is 85.7. The largest absolute Gasteiger partial charge is 0.507 e. The number of benzene rings is 7. The van der Waals surface area contributed by atoms with E-state index in [1.54, 1.807) is 24.4 Å². The summed E-state index contributed by atoms with van der Waals surface area (Å²) in [7, 11) is 0. The van der Waals surface area contributed by atoms with Gasteiger partial charge in [0.25, 0.3) is 0 Å². The van der Waals surface area contributed by atoms with Crippen molar-refractivity contribution in [3.05, 3.63) is 192 Å². The Bertz CT molecular complexity index is 3770. The molecule has 0 bridgehead atoms. The molecule has 9 rings (SSSR count). The molecule has 0 fully saturated rings. The molecule has 0 aliphatic heterocycles. The number of nitrogens with zero attached hydrogens (tertiary/aromatic N) is 3. The van der Waals surface area contributed by atoms with Crippen LogP contribution in [-0.4, -0.2) is 19.6 Å². The lowest BCUT2D eigenvalue weighted by Gasteiger charge is -2.27. The fraction of sp³-hybridized carbons (Fsp3) is 0.284. The normalized spacial score (nSPS) is 15.3. The number of fused-ring (bicyclic) bond motifs is 1. The summed E-state index contributed by atoms with van der Waals surface area (Å²) in [5.41, 5.74) is 10.6. The van der Waals surface area contributed by atoms with Crippen molar-refractivity contribution in [2.75, 3.05) is 0 Å². The van der Waals surface area contributed by atoms with Gasteiger partial charge in [0.1, 0.15) is 11.6 Å². The van der Waals surface area contributed by atoms with Gasteiger partial charge in [-0.15, -0.1) is 0 Å². The monoisotopic (exact) mass is 944 g/mol. The van der Waals surface area contributed by atoms with E-state index < -0.39 is 37.3 Å². The van der Waals surface area contributed by atoms with E-state index in [2.05, 4.69) is 158 Å². The van der Waals surface area contributed by atoms with Crippen LogP contribution in [0.2, 0.25) is 0 Å². The average Bonchev–Trinajstić information content (AvgIpc) is 2.80. The minimum atomic E-state index is -3.39. The first-order valence-electron chi connectivity index (χ1n) is 29.4. The summed E-state index contributed by atoms with van der Waals surface area (Å²) in [6.45, 7) is 13.1. The summed E-state index contributed by atoms with van der Waals surface area (Å²) in [5.74, 6) is -0.219. The van der Waals surface area contributed by atoms with Gasteiger partial charge in [-0.1, -0.05) is 200 Å². The smallest absolute Gasteiger partial charge is 0.149 e. The van der Waals surface area contributed by atoms with Crippen LogP contribution in [0.15, 0.2) is 164 Å². The molecule has 71 heavy (non-hydrogen) atoms. The zero-order valence-electron chi connectivity index (χ0n) is 52.9. The van der Waals surface area contributed by atoms with E-state index in [1.807, 2.05) is 50.2 Å². The third-order valence-electron chi connectivity index (χ3n) is 13.6. The number of aromatic hydroxyl groups is 1. The van der Waals surface area contributed by atoms with Crippen LogP contribution in [0.5, 0.6) is 5.75 Å². The Morgan fingerprint density at radius 2 is 1.11 bits per heavy atom. The van der Waals surface area contributed by atoms with Gasteiger partial charge in [-0.3, -0.25) is 9.55 Å². The zero-order chi connectivity index (χ0) is 59.2. The third kappa shape index (κ3) is 9.87. The van der Waals surface area contributed by atoms with Crippen molar-refractivity contribution >= 4 is 11.0 Å². The molecule has 0 atom stereocenters. The third-order valence-corrected chi connectivity index (χ3v) is 13.6. The summed E-state index contributed by atoms with van der Waals surface area (Å²) in [5, 5.41) is 12.7. The molecule has 0 aliphatic rings. The van der Waals surface area contributed by atoms with E-state index in [1.165, 1.54) is 17.7 Å². The molecule has 0 saturated heterocycles. The second kappa shape index (κ2) is 18.3. The summed E-state index contributed by atoms with van der Waals surface area (Å²) in [6.07, 6.45) is 1.67. The number of rotatable bonds is 8. The van der Waals surface area contributed by atoms with Gasteiger partial charge in [0.15, 0.2) is 0 Å². The molecule has 9 aromatic rings. The zero-order valence-corrected chi connectivity index (χ0v) is 42.9. The molecule has 4 nitrogen and oxygen atoms in total. The van der Waals surface area contributed by atoms with Crippen molar-refractivity contribution < 1.29 is 18.8 Å². The van der Waals surface area contributed by atoms with E-state index in [0.29, 0.717) is 33.7 Å². The Labute approximate surface area is 437 Å². The molecule has 0 saturated carbocycles. The van der Waals surface area contributed by atoms with Crippen LogP contribution in [0.4, 0.5) is 0 Å². The van der Waals surface area contributed by atoms with Gasteiger partial charge in [-0.2, -0.15) is 0 Å². The molecule has 0 amide bonds. The van der Waals surface area contributed by atoms with Crippen molar-refractivity contribution in [1.29, 1.82) is 0 Å². The summed E-state index contributed by atoms with van der Waals surface area (Å²) in [4.78, 5) is 10.5. The van der Waals surface area contributed by atoms with Gasteiger partial charge in [0.05, 0.1) is 28.0 Å². The second-order valence-corrected chi connectivity index (χ2v) is 22.3. The average molecular weight is 944 g/mol. The number of imidazole rings is 1. The van der Waals surface area contributed by atoms with Crippen LogP contribution in [-0.2, 0) is 21.7 Å². The Morgan fingerprint density at radius 1 is 0.493 bits per heavy atom. The fourth-order valence-corrected chi connectivity index (χ4v) is 9.40. The molecular formula is C67H71N3O. The molecule has 1 N–H and O–H groups in total. The molecule has 2 heterocycles. The maximum absolute atomic E-state index is 12.7. The van der Waals surface area contributed by atoms with E-state index in [0.717, 1.165) is 66.8 Å². The van der Waals surface area contributed by atoms with Gasteiger partial charge in [-0.05, 0) is 138 Å². The van der Waals surface area contributed by atoms with E-state index in [-0.39, 0.29) is 22.1 Å². The molecule has 360 valence electrons. The lowest BCUT2D eigenvalue weighted by molar-refractivity contribution is 0.446. The molecule has 0 aliphatic carbocycles. The first-order valence-corrected chi connectivity index (χ1v) is 24.4. The SMILES string of the molecule is [2H]C(C)(C)c1ccc(-n2c(-c3cc(C(C)(C)C)cc(C(C)(C)C)c3O)nc3c(-c4cc(-c5ccccc5)cc(-c5cc(-c6ccc(C(C([2H])([2H])[2H])(C([2H])([2H])[2H])C([2H])([2H])[2H])cc6)ccn5)c4)cccc32)c(-c2ccc(C(C)(C)C)cc2)c1. The highest BCUT2D eigenvalue weighted by Gasteiger charge is 2.30. The summed E-state index contributed by atoms with van der Waals surface area (Å²) >= 11 is 0. The minimum absolute atomic E-state index is 0.0764. The molecular weight excluding hydrogens is 863 g/mol. The molecule has 0 unspecified atom stereocenters. The number of phenols is 1. The highest BCUT2D eigenvalue weighted by molar-refractivity contribution is 5.98. The van der Waals surface area contributed by atoms with Crippen molar-refractivity contribution in [2.45, 2.75) is 124 Å². The Kier molecular flexibility index (Phi) is 9.72. The van der Waals surface area contributed by atoms with Gasteiger partial charge in [0, 0.05) is 42.2 Å². The standard InChI is InChI=1S/C67H71N3O/c1-42(2)46-27-32-59(55(38-46)45-25-30-52(31-26-45)65(6,7)8)70-60-22-18-21-54(61(60)69-63(70)56-40-53(66(9,10)11)41-57(62(56)71)67(12,13)14)49-35-48(43-19-16-15-17-20-43)36-50(37-49)58-39-47(33-34-68-58)44-23-28-51(29-24-44)64(3,4)5/h15-42,71H,1-14H3/i3D3,4D3,5D3,42D. The van der Waals surface area contributed by atoms with Crippen LogP contribution in [0.1, 0.15) is 144 Å². The van der Waals surface area contributed by atoms with E-state index in [9.17, 15) is 6.48 Å². The van der Waals surface area contributed by atoms with Gasteiger partial charge >= 0.3 is 0 Å². The van der Waals surface area contributed by atoms with Crippen molar-refractivity contribution in [3.63, 3.8) is 0 Å². The van der Waals surface area contributed by atoms with Gasteiger partial charge in [-0.25, -0.2) is 4.98 Å². The van der Waals surface area contributed by atoms with Crippen LogP contribution < -0.4 is 0 Å². The quantitative estimate of drug-likeness (QED) is 0.165. The van der Waals surface area contributed by atoms with Crippen LogP contribution in [0, 0.1) is 0 Å². The number of aromatic nitrogens is 3. The predicted molar refractivity (Wildman–Crippen MR) is 302 cm³/mol. The van der Waals surface area contributed by atoms with Gasteiger partial charge in [0.2, 0.25) is 0 Å². The van der Waals surface area contributed by atoms with Crippen LogP contribution >= 0.6 is 0 Å². The second-order valence-electron chi connectivity index (χ2n) is 22.3. The number of hydrogen-bond acceptors (Lipinski definition) is 3. The predicted octanol–water partition coefficient (Wildman–Crippen LogP) is 18.4. The topological polar surface area (TPSA) is 50.9 Å². The Morgan fingerprint density at radius 3 is 1.75 bits per heavy atom. The maximum atomic E-state index is 12.7. The van der Waals surface area contributed by atoms with Crippen molar-refractivity contribution in [3.8, 4) is 78.6 Å². The lowest BCUT2D eigenvalue weighted by atomic mass is 9.79. The van der Waals surface area contributed by atoms with E-state index in [4.69, 9.17) is 22.3 Å². The van der Waals surface area contributed by atoms with E-state index >= 15 is 0 Å². The minimum Gasteiger partial charge on any atom is -0.507 e. The summed E-state index contributed by atoms with van der Waals surface area (Å²) in [6, 6.07) is 50.9. The van der Waals surface area contributed by atoms with Crippen LogP contribution in [0.3, 0.4) is 0 Å². The Hall–Kier alpha value is -7.04. The molecule has 7 aromatic carbocycles. The fourth-order valence-electron chi connectivity index (χ4n) is 9.40. The lowest BCUT2D eigenvalue weighted by Crippen LogP contribution is -2.17. The molecule has 4 heteroatoms. The highest BCUT2D eigenvalue weighted by Crippen LogP contribution is 2.46. The molecule has 2 aromatic heterocycles. The number of pyridine rings is 1. The van der Waals surface area contributed by atoms with Gasteiger partial charge < -0.3 is 5.11 Å². The number of hydrogen-bond donors (Lipinski definition) is 1. The van der Waals surface area contributed by atoms with Crippen molar-refractivity contribution in [2.24, 2.45) is 0 Å². The molecule has 0 radical (unpaired) electrons. The number of para-hydroxylation sites is 1.